The fourth-order valence-electron chi connectivity index (χ4n) is 2.23. The first kappa shape index (κ1) is 14.1. The minimum absolute atomic E-state index is 0.134. The van der Waals surface area contributed by atoms with Crippen molar-refractivity contribution >= 4 is 11.4 Å². The van der Waals surface area contributed by atoms with E-state index in [-0.39, 0.29) is 10.6 Å². The molecule has 0 amide bonds. The lowest BCUT2D eigenvalue weighted by Gasteiger charge is -2.10. The molecule has 2 rings (SSSR count). The van der Waals surface area contributed by atoms with Gasteiger partial charge < -0.3 is 5.32 Å². The van der Waals surface area contributed by atoms with Crippen LogP contribution in [0.1, 0.15) is 16.7 Å². The molecule has 0 radical (unpaired) electrons. The van der Waals surface area contributed by atoms with Crippen LogP contribution in [0, 0.1) is 24.0 Å². The maximum absolute atomic E-state index is 11.0. The van der Waals surface area contributed by atoms with Gasteiger partial charge in [0, 0.05) is 12.6 Å². The third-order valence-electron chi connectivity index (χ3n) is 3.25. The highest BCUT2D eigenvalue weighted by molar-refractivity contribution is 5.65. The minimum atomic E-state index is -0.345. The van der Waals surface area contributed by atoms with E-state index in [2.05, 4.69) is 30.4 Å². The molecule has 0 aliphatic heterocycles. The molecule has 2 aromatic rings. The molecule has 0 heterocycles. The summed E-state index contributed by atoms with van der Waals surface area (Å²) in [5, 5.41) is 14.2. The molecule has 0 spiro atoms. The van der Waals surface area contributed by atoms with Gasteiger partial charge in [0.05, 0.1) is 4.92 Å². The second-order valence-corrected chi connectivity index (χ2v) is 4.89. The van der Waals surface area contributed by atoms with Crippen LogP contribution in [-0.2, 0) is 6.42 Å². The Morgan fingerprint density at radius 3 is 2.60 bits per heavy atom. The van der Waals surface area contributed by atoms with E-state index < -0.39 is 0 Å². The molecule has 0 aliphatic carbocycles. The van der Waals surface area contributed by atoms with Crippen LogP contribution in [0.25, 0.3) is 0 Å². The highest BCUT2D eigenvalue weighted by Gasteiger charge is 2.14. The SMILES string of the molecule is Cc1cccc(CCNc2c(C)cccc2[N+](=O)[O-])c1. The highest BCUT2D eigenvalue weighted by Crippen LogP contribution is 2.27. The summed E-state index contributed by atoms with van der Waals surface area (Å²) in [5.74, 6) is 0. The number of benzene rings is 2. The summed E-state index contributed by atoms with van der Waals surface area (Å²) in [6, 6.07) is 13.4. The van der Waals surface area contributed by atoms with E-state index in [4.69, 9.17) is 0 Å². The molecule has 104 valence electrons. The number of nitro groups is 1. The van der Waals surface area contributed by atoms with Crippen molar-refractivity contribution in [1.29, 1.82) is 0 Å². The largest absolute Gasteiger partial charge is 0.379 e. The first-order valence-corrected chi connectivity index (χ1v) is 6.61. The highest BCUT2D eigenvalue weighted by atomic mass is 16.6. The van der Waals surface area contributed by atoms with Crippen molar-refractivity contribution in [2.24, 2.45) is 0 Å². The van der Waals surface area contributed by atoms with Gasteiger partial charge in [-0.05, 0) is 31.4 Å². The van der Waals surface area contributed by atoms with E-state index in [0.29, 0.717) is 12.2 Å². The van der Waals surface area contributed by atoms with E-state index in [1.807, 2.05) is 19.1 Å². The number of nitrogens with zero attached hydrogens (tertiary/aromatic N) is 1. The quantitative estimate of drug-likeness (QED) is 0.663. The fourth-order valence-corrected chi connectivity index (χ4v) is 2.23. The van der Waals surface area contributed by atoms with Gasteiger partial charge in [-0.15, -0.1) is 0 Å². The summed E-state index contributed by atoms with van der Waals surface area (Å²) in [5.41, 5.74) is 4.10. The van der Waals surface area contributed by atoms with Gasteiger partial charge >= 0.3 is 0 Å². The third-order valence-corrected chi connectivity index (χ3v) is 3.25. The van der Waals surface area contributed by atoms with Crippen molar-refractivity contribution in [1.82, 2.24) is 0 Å². The summed E-state index contributed by atoms with van der Waals surface area (Å²) < 4.78 is 0. The lowest BCUT2D eigenvalue weighted by molar-refractivity contribution is -0.384. The van der Waals surface area contributed by atoms with Crippen LogP contribution in [0.3, 0.4) is 0 Å². The van der Waals surface area contributed by atoms with E-state index in [9.17, 15) is 10.1 Å². The van der Waals surface area contributed by atoms with Crippen molar-refractivity contribution in [3.63, 3.8) is 0 Å². The molecule has 0 saturated heterocycles. The Bertz CT molecular complexity index is 624. The van der Waals surface area contributed by atoms with Crippen LogP contribution in [0.5, 0.6) is 0 Å². The van der Waals surface area contributed by atoms with Crippen LogP contribution in [0.2, 0.25) is 0 Å². The minimum Gasteiger partial charge on any atom is -0.379 e. The predicted molar refractivity (Wildman–Crippen MR) is 81.2 cm³/mol. The van der Waals surface area contributed by atoms with Crippen LogP contribution in [0.4, 0.5) is 11.4 Å². The van der Waals surface area contributed by atoms with E-state index in [0.717, 1.165) is 12.0 Å². The van der Waals surface area contributed by atoms with Crippen molar-refractivity contribution in [3.8, 4) is 0 Å². The average Bonchev–Trinajstić information content (AvgIpc) is 2.40. The first-order chi connectivity index (χ1) is 9.58. The summed E-state index contributed by atoms with van der Waals surface area (Å²) in [6.07, 6.45) is 0.840. The Hall–Kier alpha value is -2.36. The maximum Gasteiger partial charge on any atom is 0.292 e. The molecule has 2 aromatic carbocycles. The molecule has 1 N–H and O–H groups in total. The number of hydrogen-bond acceptors (Lipinski definition) is 3. The summed E-state index contributed by atoms with van der Waals surface area (Å²) in [7, 11) is 0. The van der Waals surface area contributed by atoms with Gasteiger partial charge in [0.1, 0.15) is 5.69 Å². The molecule has 0 aliphatic rings. The normalized spacial score (nSPS) is 10.3. The number of nitrogens with one attached hydrogen (secondary N) is 1. The van der Waals surface area contributed by atoms with Crippen molar-refractivity contribution in [3.05, 3.63) is 69.3 Å². The number of aryl methyl sites for hydroxylation is 2. The molecule has 0 fully saturated rings. The Labute approximate surface area is 118 Å². The lowest BCUT2D eigenvalue weighted by Crippen LogP contribution is -2.08. The zero-order valence-electron chi connectivity index (χ0n) is 11.7. The second kappa shape index (κ2) is 6.19. The molecule has 0 atom stereocenters. The Morgan fingerprint density at radius 1 is 1.15 bits per heavy atom. The number of para-hydroxylation sites is 1. The molecule has 0 aromatic heterocycles. The number of nitro benzene ring substituents is 1. The van der Waals surface area contributed by atoms with Crippen LogP contribution in [0.15, 0.2) is 42.5 Å². The van der Waals surface area contributed by atoms with Gasteiger partial charge in [0.2, 0.25) is 0 Å². The Kier molecular flexibility index (Phi) is 4.35. The Balaban J connectivity index is 2.06. The monoisotopic (exact) mass is 270 g/mol. The molecule has 4 nitrogen and oxygen atoms in total. The van der Waals surface area contributed by atoms with Gasteiger partial charge in [-0.2, -0.15) is 0 Å². The third kappa shape index (κ3) is 3.35. The van der Waals surface area contributed by atoms with Crippen molar-refractivity contribution < 1.29 is 4.92 Å². The first-order valence-electron chi connectivity index (χ1n) is 6.61. The van der Waals surface area contributed by atoms with E-state index in [1.54, 1.807) is 6.07 Å². The van der Waals surface area contributed by atoms with Gasteiger partial charge in [-0.3, -0.25) is 10.1 Å². The van der Waals surface area contributed by atoms with Gasteiger partial charge in [-0.25, -0.2) is 0 Å². The molecule has 4 heteroatoms. The standard InChI is InChI=1S/C16H18N2O2/c1-12-5-3-7-14(11-12)9-10-17-16-13(2)6-4-8-15(16)18(19)20/h3-8,11,17H,9-10H2,1-2H3. The zero-order valence-corrected chi connectivity index (χ0v) is 11.7. The molecular formula is C16H18N2O2. The molecule has 20 heavy (non-hydrogen) atoms. The maximum atomic E-state index is 11.0. The fraction of sp³-hybridized carbons (Fsp3) is 0.250. The summed E-state index contributed by atoms with van der Waals surface area (Å²) in [6.45, 7) is 4.61. The van der Waals surface area contributed by atoms with Crippen LogP contribution >= 0.6 is 0 Å². The number of anilines is 1. The molecule has 0 bridgehead atoms. The van der Waals surface area contributed by atoms with E-state index in [1.165, 1.54) is 17.2 Å². The van der Waals surface area contributed by atoms with E-state index >= 15 is 0 Å². The smallest absolute Gasteiger partial charge is 0.292 e. The van der Waals surface area contributed by atoms with Crippen molar-refractivity contribution in [2.75, 3.05) is 11.9 Å². The van der Waals surface area contributed by atoms with Gasteiger partial charge in [0.25, 0.3) is 5.69 Å². The molecular weight excluding hydrogens is 252 g/mol. The predicted octanol–water partition coefficient (Wildman–Crippen LogP) is 3.87. The topological polar surface area (TPSA) is 55.2 Å². The summed E-state index contributed by atoms with van der Waals surface area (Å²) >= 11 is 0. The second-order valence-electron chi connectivity index (χ2n) is 4.89. The van der Waals surface area contributed by atoms with Gasteiger partial charge in [-0.1, -0.05) is 42.0 Å². The molecule has 0 saturated carbocycles. The van der Waals surface area contributed by atoms with Crippen molar-refractivity contribution in [2.45, 2.75) is 20.3 Å². The zero-order chi connectivity index (χ0) is 14.5. The number of rotatable bonds is 5. The summed E-state index contributed by atoms with van der Waals surface area (Å²) in [4.78, 5) is 10.7. The molecule has 0 unspecified atom stereocenters. The van der Waals surface area contributed by atoms with Gasteiger partial charge in [0.15, 0.2) is 0 Å². The lowest BCUT2D eigenvalue weighted by atomic mass is 10.1. The average molecular weight is 270 g/mol. The Morgan fingerprint density at radius 2 is 1.90 bits per heavy atom. The van der Waals surface area contributed by atoms with Crippen LogP contribution in [-0.4, -0.2) is 11.5 Å². The van der Waals surface area contributed by atoms with Crippen LogP contribution < -0.4 is 5.32 Å². The number of hydrogen-bond donors (Lipinski definition) is 1.